The molecule has 1 heterocycles. The highest BCUT2D eigenvalue weighted by molar-refractivity contribution is 5.91. The van der Waals surface area contributed by atoms with Crippen LogP contribution in [0.4, 0.5) is 10.5 Å². The fraction of sp³-hybridized carbons (Fsp3) is 0.500. The highest BCUT2D eigenvalue weighted by Gasteiger charge is 2.20. The monoisotopic (exact) mass is 279 g/mol. The van der Waals surface area contributed by atoms with Crippen LogP contribution in [0.3, 0.4) is 0 Å². The van der Waals surface area contributed by atoms with Gasteiger partial charge in [0.1, 0.15) is 11.5 Å². The summed E-state index contributed by atoms with van der Waals surface area (Å²) >= 11 is 0. The van der Waals surface area contributed by atoms with Crippen LogP contribution in [0.2, 0.25) is 0 Å². The van der Waals surface area contributed by atoms with E-state index in [0.29, 0.717) is 17.2 Å². The number of likely N-dealkylation sites (N-methyl/N-ethyl adjacent to an activating group) is 1. The van der Waals surface area contributed by atoms with Gasteiger partial charge in [0.05, 0.1) is 19.9 Å². The zero-order valence-electron chi connectivity index (χ0n) is 12.2. The summed E-state index contributed by atoms with van der Waals surface area (Å²) in [6, 6.07) is 5.23. The van der Waals surface area contributed by atoms with Crippen LogP contribution in [0.15, 0.2) is 18.2 Å². The molecule has 110 valence electrons. The summed E-state index contributed by atoms with van der Waals surface area (Å²) in [5.41, 5.74) is 0.650. The molecule has 0 saturated carbocycles. The third-order valence-electron chi connectivity index (χ3n) is 3.44. The minimum atomic E-state index is -0.0958. The molecule has 0 atom stereocenters. The van der Waals surface area contributed by atoms with Gasteiger partial charge in [-0.25, -0.2) is 4.79 Å². The molecular formula is C14H21N3O3. The quantitative estimate of drug-likeness (QED) is 0.910. The number of benzene rings is 1. The lowest BCUT2D eigenvalue weighted by Gasteiger charge is -2.32. The Morgan fingerprint density at radius 3 is 2.45 bits per heavy atom. The number of hydrogen-bond acceptors (Lipinski definition) is 4. The van der Waals surface area contributed by atoms with E-state index in [1.54, 1.807) is 32.4 Å². The lowest BCUT2D eigenvalue weighted by atomic mass is 10.2. The Bertz CT molecular complexity index is 471. The van der Waals surface area contributed by atoms with E-state index in [9.17, 15) is 4.79 Å². The molecule has 0 radical (unpaired) electrons. The lowest BCUT2D eigenvalue weighted by Crippen LogP contribution is -2.48. The highest BCUT2D eigenvalue weighted by atomic mass is 16.5. The van der Waals surface area contributed by atoms with Crippen LogP contribution in [0, 0.1) is 0 Å². The first-order valence-corrected chi connectivity index (χ1v) is 6.60. The molecule has 2 rings (SSSR count). The van der Waals surface area contributed by atoms with Crippen LogP contribution < -0.4 is 14.8 Å². The summed E-state index contributed by atoms with van der Waals surface area (Å²) < 4.78 is 10.4. The molecular weight excluding hydrogens is 258 g/mol. The predicted molar refractivity (Wildman–Crippen MR) is 77.6 cm³/mol. The van der Waals surface area contributed by atoms with E-state index in [1.165, 1.54) is 0 Å². The number of rotatable bonds is 3. The summed E-state index contributed by atoms with van der Waals surface area (Å²) in [5, 5.41) is 2.89. The van der Waals surface area contributed by atoms with Gasteiger partial charge in [0.2, 0.25) is 0 Å². The third-order valence-corrected chi connectivity index (χ3v) is 3.44. The summed E-state index contributed by atoms with van der Waals surface area (Å²) in [6.07, 6.45) is 0. The van der Waals surface area contributed by atoms with Crippen LogP contribution in [0.25, 0.3) is 0 Å². The lowest BCUT2D eigenvalue weighted by molar-refractivity contribution is 0.164. The van der Waals surface area contributed by atoms with E-state index < -0.39 is 0 Å². The van der Waals surface area contributed by atoms with Crippen molar-refractivity contribution in [3.05, 3.63) is 18.2 Å². The molecule has 0 unspecified atom stereocenters. The summed E-state index contributed by atoms with van der Waals surface area (Å²) in [6.45, 7) is 3.27. The van der Waals surface area contributed by atoms with Gasteiger partial charge in [0.15, 0.2) is 0 Å². The Morgan fingerprint density at radius 2 is 1.85 bits per heavy atom. The first kappa shape index (κ1) is 14.5. The maximum Gasteiger partial charge on any atom is 0.322 e. The molecule has 1 aliphatic heterocycles. The van der Waals surface area contributed by atoms with E-state index in [0.717, 1.165) is 26.2 Å². The highest BCUT2D eigenvalue weighted by Crippen LogP contribution is 2.29. The second-order valence-electron chi connectivity index (χ2n) is 4.79. The molecule has 0 aliphatic carbocycles. The fourth-order valence-corrected chi connectivity index (χ4v) is 2.11. The number of carbonyl (C=O) groups is 1. The minimum Gasteiger partial charge on any atom is -0.497 e. The number of methoxy groups -OCH3 is 2. The molecule has 1 saturated heterocycles. The number of urea groups is 1. The van der Waals surface area contributed by atoms with E-state index in [1.807, 2.05) is 4.90 Å². The largest absolute Gasteiger partial charge is 0.497 e. The summed E-state index contributed by atoms with van der Waals surface area (Å²) in [5.74, 6) is 1.28. The molecule has 1 aromatic carbocycles. The van der Waals surface area contributed by atoms with Crippen molar-refractivity contribution in [2.45, 2.75) is 0 Å². The number of nitrogens with zero attached hydrogens (tertiary/aromatic N) is 2. The zero-order chi connectivity index (χ0) is 14.5. The average Bonchev–Trinajstić information content (AvgIpc) is 2.48. The van der Waals surface area contributed by atoms with Gasteiger partial charge in [0.25, 0.3) is 0 Å². The van der Waals surface area contributed by atoms with Crippen LogP contribution >= 0.6 is 0 Å². The van der Waals surface area contributed by atoms with Crippen molar-refractivity contribution >= 4 is 11.7 Å². The molecule has 1 N–H and O–H groups in total. The van der Waals surface area contributed by atoms with Gasteiger partial charge in [-0.15, -0.1) is 0 Å². The van der Waals surface area contributed by atoms with E-state index in [2.05, 4.69) is 17.3 Å². The van der Waals surface area contributed by atoms with Gasteiger partial charge >= 0.3 is 6.03 Å². The summed E-state index contributed by atoms with van der Waals surface area (Å²) in [7, 11) is 5.22. The van der Waals surface area contributed by atoms with Crippen molar-refractivity contribution in [3.63, 3.8) is 0 Å². The Labute approximate surface area is 119 Å². The number of anilines is 1. The molecule has 0 spiro atoms. The normalized spacial score (nSPS) is 15.8. The van der Waals surface area contributed by atoms with E-state index >= 15 is 0 Å². The van der Waals surface area contributed by atoms with Crippen molar-refractivity contribution in [3.8, 4) is 11.5 Å². The zero-order valence-corrected chi connectivity index (χ0v) is 12.2. The first-order valence-electron chi connectivity index (χ1n) is 6.60. The third kappa shape index (κ3) is 3.33. The summed E-state index contributed by atoms with van der Waals surface area (Å²) in [4.78, 5) is 16.2. The Balaban J connectivity index is 2.03. The van der Waals surface area contributed by atoms with Crippen molar-refractivity contribution in [2.24, 2.45) is 0 Å². The Kier molecular flexibility index (Phi) is 4.68. The van der Waals surface area contributed by atoms with E-state index in [-0.39, 0.29) is 6.03 Å². The SMILES string of the molecule is COc1ccc(NC(=O)N2CCN(C)CC2)c(OC)c1. The molecule has 6 nitrogen and oxygen atoms in total. The Hall–Kier alpha value is -1.95. The predicted octanol–water partition coefficient (Wildman–Crippen LogP) is 1.48. The average molecular weight is 279 g/mol. The number of ether oxygens (including phenoxy) is 2. The fourth-order valence-electron chi connectivity index (χ4n) is 2.11. The molecule has 1 aromatic rings. The maximum absolute atomic E-state index is 12.2. The molecule has 20 heavy (non-hydrogen) atoms. The van der Waals surface area contributed by atoms with E-state index in [4.69, 9.17) is 9.47 Å². The number of nitrogens with one attached hydrogen (secondary N) is 1. The Morgan fingerprint density at radius 1 is 1.15 bits per heavy atom. The van der Waals surface area contributed by atoms with Crippen molar-refractivity contribution in [1.29, 1.82) is 0 Å². The van der Waals surface area contributed by atoms with Crippen LogP contribution in [0.5, 0.6) is 11.5 Å². The van der Waals surface area contributed by atoms with Gasteiger partial charge in [-0.3, -0.25) is 0 Å². The van der Waals surface area contributed by atoms with Crippen molar-refractivity contribution in [2.75, 3.05) is 52.8 Å². The van der Waals surface area contributed by atoms with Gasteiger partial charge < -0.3 is 24.6 Å². The second-order valence-corrected chi connectivity index (χ2v) is 4.79. The topological polar surface area (TPSA) is 54.0 Å². The molecule has 0 bridgehead atoms. The molecule has 2 amide bonds. The molecule has 1 aliphatic rings. The van der Waals surface area contributed by atoms with Crippen LogP contribution in [0.1, 0.15) is 0 Å². The molecule has 1 fully saturated rings. The maximum atomic E-state index is 12.2. The second kappa shape index (κ2) is 6.47. The van der Waals surface area contributed by atoms with Gasteiger partial charge in [-0.1, -0.05) is 0 Å². The van der Waals surface area contributed by atoms with Crippen LogP contribution in [-0.2, 0) is 0 Å². The van der Waals surface area contributed by atoms with Gasteiger partial charge in [0, 0.05) is 32.2 Å². The van der Waals surface area contributed by atoms with Gasteiger partial charge in [-0.2, -0.15) is 0 Å². The van der Waals surface area contributed by atoms with Crippen molar-refractivity contribution in [1.82, 2.24) is 9.80 Å². The molecule has 0 aromatic heterocycles. The number of hydrogen-bond donors (Lipinski definition) is 1. The van der Waals surface area contributed by atoms with Gasteiger partial charge in [-0.05, 0) is 19.2 Å². The number of amides is 2. The molecule has 6 heteroatoms. The number of carbonyl (C=O) groups excluding carboxylic acids is 1. The van der Waals surface area contributed by atoms with Crippen LogP contribution in [-0.4, -0.2) is 63.3 Å². The van der Waals surface area contributed by atoms with Crippen molar-refractivity contribution < 1.29 is 14.3 Å². The minimum absolute atomic E-state index is 0.0958. The standard InChI is InChI=1S/C14H21N3O3/c1-16-6-8-17(9-7-16)14(18)15-12-5-4-11(19-2)10-13(12)20-3/h4-5,10H,6-9H2,1-3H3,(H,15,18). The number of piperazine rings is 1. The smallest absolute Gasteiger partial charge is 0.322 e. The first-order chi connectivity index (χ1) is 9.63.